The minimum absolute atomic E-state index is 0.171. The molecule has 0 aliphatic heterocycles. The van der Waals surface area contributed by atoms with Crippen molar-refractivity contribution in [2.24, 2.45) is 0 Å². The number of para-hydroxylation sites is 1. The zero-order chi connectivity index (χ0) is 23.5. The number of urea groups is 1. The number of hydrogen-bond donors (Lipinski definition) is 1. The lowest BCUT2D eigenvalue weighted by Gasteiger charge is -2.27. The fraction of sp³-hybridized carbons (Fsp3) is 0.192. The number of carbonyl (C=O) groups is 1. The zero-order valence-electron chi connectivity index (χ0n) is 18.7. The molecule has 0 radical (unpaired) electrons. The number of hydrogen-bond acceptors (Lipinski definition) is 3. The molecule has 1 heterocycles. The van der Waals surface area contributed by atoms with Gasteiger partial charge in [0.2, 0.25) is 0 Å². The molecule has 6 nitrogen and oxygen atoms in total. The van der Waals surface area contributed by atoms with Crippen molar-refractivity contribution in [2.75, 3.05) is 12.4 Å². The van der Waals surface area contributed by atoms with Crippen molar-refractivity contribution < 1.29 is 4.79 Å². The Bertz CT molecular complexity index is 1370. The predicted octanol–water partition coefficient (Wildman–Crippen LogP) is 5.83. The quantitative estimate of drug-likeness (QED) is 0.407. The third-order valence-corrected chi connectivity index (χ3v) is 5.99. The number of aromatic nitrogens is 2. The molecule has 7 heteroatoms. The summed E-state index contributed by atoms with van der Waals surface area (Å²) in [5.74, 6) is 0.478. The second-order valence-electron chi connectivity index (χ2n) is 7.88. The fourth-order valence-corrected chi connectivity index (χ4v) is 3.88. The number of amides is 2. The average Bonchev–Trinajstić information content (AvgIpc) is 2.83. The lowest BCUT2D eigenvalue weighted by Crippen LogP contribution is -2.37. The van der Waals surface area contributed by atoms with Gasteiger partial charge in [0.05, 0.1) is 22.6 Å². The van der Waals surface area contributed by atoms with Crippen LogP contribution in [0.25, 0.3) is 16.6 Å². The predicted molar refractivity (Wildman–Crippen MR) is 133 cm³/mol. The van der Waals surface area contributed by atoms with Gasteiger partial charge in [-0.1, -0.05) is 48.9 Å². The summed E-state index contributed by atoms with van der Waals surface area (Å²) in [5, 5.41) is 3.91. The van der Waals surface area contributed by atoms with Gasteiger partial charge in [-0.3, -0.25) is 9.36 Å². The molecule has 0 bridgehead atoms. The van der Waals surface area contributed by atoms with Gasteiger partial charge in [0, 0.05) is 17.8 Å². The van der Waals surface area contributed by atoms with Crippen molar-refractivity contribution in [1.82, 2.24) is 14.5 Å². The van der Waals surface area contributed by atoms with Gasteiger partial charge in [-0.15, -0.1) is 0 Å². The first-order valence-corrected chi connectivity index (χ1v) is 11.2. The van der Waals surface area contributed by atoms with Crippen LogP contribution in [0.5, 0.6) is 0 Å². The van der Waals surface area contributed by atoms with Gasteiger partial charge < -0.3 is 10.2 Å². The smallest absolute Gasteiger partial charge is 0.318 e. The molecule has 0 aliphatic rings. The van der Waals surface area contributed by atoms with Gasteiger partial charge in [-0.25, -0.2) is 9.78 Å². The standard InChI is InChI=1S/C26H25ClN4O2/c1-4-18-12-14-21(15-13-18)31-24(29-23-11-6-5-10-22(23)25(31)32)17(2)30(3)26(33)28-20-9-7-8-19(27)16-20/h5-17H,4H2,1-3H3,(H,28,33). The highest BCUT2D eigenvalue weighted by Gasteiger charge is 2.24. The van der Waals surface area contributed by atoms with Crippen LogP contribution in [0.1, 0.15) is 31.3 Å². The maximum atomic E-state index is 13.5. The molecule has 0 aliphatic carbocycles. The Labute approximate surface area is 197 Å². The van der Waals surface area contributed by atoms with Crippen molar-refractivity contribution >= 4 is 34.2 Å². The minimum Gasteiger partial charge on any atom is -0.318 e. The van der Waals surface area contributed by atoms with Crippen molar-refractivity contribution in [1.29, 1.82) is 0 Å². The van der Waals surface area contributed by atoms with Crippen LogP contribution in [-0.4, -0.2) is 27.5 Å². The molecule has 4 rings (SSSR count). The highest BCUT2D eigenvalue weighted by atomic mass is 35.5. The van der Waals surface area contributed by atoms with Crippen molar-refractivity contribution in [2.45, 2.75) is 26.3 Å². The molecule has 168 valence electrons. The SMILES string of the molecule is CCc1ccc(-n2c(C(C)N(C)C(=O)Nc3cccc(Cl)c3)nc3ccccc3c2=O)cc1. The summed E-state index contributed by atoms with van der Waals surface area (Å²) in [6.07, 6.45) is 0.904. The summed E-state index contributed by atoms with van der Waals surface area (Å²) in [6.45, 7) is 3.94. The van der Waals surface area contributed by atoms with Crippen LogP contribution >= 0.6 is 11.6 Å². The lowest BCUT2D eigenvalue weighted by molar-refractivity contribution is 0.205. The van der Waals surface area contributed by atoms with Crippen molar-refractivity contribution in [3.8, 4) is 5.69 Å². The van der Waals surface area contributed by atoms with Crippen LogP contribution in [0.3, 0.4) is 0 Å². The number of nitrogens with zero attached hydrogens (tertiary/aromatic N) is 3. The average molecular weight is 461 g/mol. The molecule has 33 heavy (non-hydrogen) atoms. The Balaban J connectivity index is 1.77. The molecule has 1 N–H and O–H groups in total. The number of anilines is 1. The molecular weight excluding hydrogens is 436 g/mol. The molecule has 1 atom stereocenters. The van der Waals surface area contributed by atoms with Gasteiger partial charge in [0.15, 0.2) is 0 Å². The molecule has 0 spiro atoms. The molecule has 0 saturated heterocycles. The summed E-state index contributed by atoms with van der Waals surface area (Å²) >= 11 is 6.04. The lowest BCUT2D eigenvalue weighted by atomic mass is 10.1. The fourth-order valence-electron chi connectivity index (χ4n) is 3.69. The molecule has 1 aromatic heterocycles. The van der Waals surface area contributed by atoms with E-state index in [2.05, 4.69) is 12.2 Å². The number of aryl methyl sites for hydroxylation is 1. The maximum absolute atomic E-state index is 13.5. The first-order chi connectivity index (χ1) is 15.9. The topological polar surface area (TPSA) is 67.2 Å². The number of carbonyl (C=O) groups excluding carboxylic acids is 1. The zero-order valence-corrected chi connectivity index (χ0v) is 19.5. The Morgan fingerprint density at radius 3 is 2.52 bits per heavy atom. The molecule has 3 aromatic carbocycles. The number of benzene rings is 3. The van der Waals surface area contributed by atoms with Crippen LogP contribution in [0, 0.1) is 0 Å². The van der Waals surface area contributed by atoms with Gasteiger partial charge in [-0.05, 0) is 61.4 Å². The normalized spacial score (nSPS) is 11.9. The minimum atomic E-state index is -0.493. The maximum Gasteiger partial charge on any atom is 0.322 e. The third-order valence-electron chi connectivity index (χ3n) is 5.76. The van der Waals surface area contributed by atoms with E-state index in [9.17, 15) is 9.59 Å². The van der Waals surface area contributed by atoms with E-state index >= 15 is 0 Å². The van der Waals surface area contributed by atoms with E-state index < -0.39 is 6.04 Å². The molecule has 0 fully saturated rings. The van der Waals surface area contributed by atoms with E-state index in [0.717, 1.165) is 6.42 Å². The van der Waals surface area contributed by atoms with E-state index in [1.54, 1.807) is 41.9 Å². The van der Waals surface area contributed by atoms with Gasteiger partial charge >= 0.3 is 6.03 Å². The Hall–Kier alpha value is -3.64. The Morgan fingerprint density at radius 2 is 1.82 bits per heavy atom. The van der Waals surface area contributed by atoms with E-state index in [1.807, 2.05) is 49.4 Å². The Kier molecular flexibility index (Phi) is 6.47. The molecule has 2 amide bonds. The van der Waals surface area contributed by atoms with Gasteiger partial charge in [0.25, 0.3) is 5.56 Å². The molecular formula is C26H25ClN4O2. The van der Waals surface area contributed by atoms with Gasteiger partial charge in [0.1, 0.15) is 5.82 Å². The number of fused-ring (bicyclic) bond motifs is 1. The van der Waals surface area contributed by atoms with Crippen LogP contribution in [0.4, 0.5) is 10.5 Å². The largest absolute Gasteiger partial charge is 0.322 e. The molecule has 0 saturated carbocycles. The molecule has 1 unspecified atom stereocenters. The van der Waals surface area contributed by atoms with E-state index in [-0.39, 0.29) is 11.6 Å². The van der Waals surface area contributed by atoms with Crippen LogP contribution in [0.2, 0.25) is 5.02 Å². The number of rotatable bonds is 5. The van der Waals surface area contributed by atoms with Crippen molar-refractivity contribution in [3.63, 3.8) is 0 Å². The van der Waals surface area contributed by atoms with Crippen LogP contribution in [-0.2, 0) is 6.42 Å². The Morgan fingerprint density at radius 1 is 1.09 bits per heavy atom. The van der Waals surface area contributed by atoms with E-state index in [4.69, 9.17) is 16.6 Å². The second-order valence-corrected chi connectivity index (χ2v) is 8.31. The van der Waals surface area contributed by atoms with E-state index in [1.165, 1.54) is 10.5 Å². The summed E-state index contributed by atoms with van der Waals surface area (Å²) in [5.41, 5.74) is 2.89. The number of halogens is 1. The summed E-state index contributed by atoms with van der Waals surface area (Å²) in [6, 6.07) is 21.2. The number of nitrogens with one attached hydrogen (secondary N) is 1. The molecule has 4 aromatic rings. The summed E-state index contributed by atoms with van der Waals surface area (Å²) in [4.78, 5) is 32.8. The first kappa shape index (κ1) is 22.6. The monoisotopic (exact) mass is 460 g/mol. The summed E-state index contributed by atoms with van der Waals surface area (Å²) in [7, 11) is 1.68. The van der Waals surface area contributed by atoms with Gasteiger partial charge in [-0.2, -0.15) is 0 Å². The van der Waals surface area contributed by atoms with Crippen molar-refractivity contribution in [3.05, 3.63) is 99.6 Å². The highest BCUT2D eigenvalue weighted by Crippen LogP contribution is 2.23. The summed E-state index contributed by atoms with van der Waals surface area (Å²) < 4.78 is 1.59. The second kappa shape index (κ2) is 9.46. The van der Waals surface area contributed by atoms with E-state index in [0.29, 0.717) is 33.1 Å². The van der Waals surface area contributed by atoms with Crippen LogP contribution < -0.4 is 10.9 Å². The highest BCUT2D eigenvalue weighted by molar-refractivity contribution is 6.30. The van der Waals surface area contributed by atoms with Crippen LogP contribution in [0.15, 0.2) is 77.6 Å². The third kappa shape index (κ3) is 4.61. The first-order valence-electron chi connectivity index (χ1n) is 10.8.